The maximum atomic E-state index is 11.1. The highest BCUT2D eigenvalue weighted by molar-refractivity contribution is 6.74. The minimum Gasteiger partial charge on any atom is -0.432 e. The largest absolute Gasteiger partial charge is 0.432 e. The molecule has 2 unspecified atom stereocenters. The van der Waals surface area contributed by atoms with Gasteiger partial charge < -0.3 is 14.3 Å². The number of fused-ring (bicyclic) bond motifs is 1. The summed E-state index contributed by atoms with van der Waals surface area (Å²) in [6, 6.07) is 0. The summed E-state index contributed by atoms with van der Waals surface area (Å²) in [5.41, 5.74) is 4.78. The van der Waals surface area contributed by atoms with Crippen LogP contribution in [-0.2, 0) is 4.43 Å². The SMILES string of the molecule is C=C1[C@H](CC(C)(C)[Si](C)(C)O)C/C(=C\C=C2/CCC[C@@]3(C)C2CCC3[C@H](C)CCO)C[C@H]1O[Si](C)(C)C(C)(C)C. The van der Waals surface area contributed by atoms with Gasteiger partial charge in [-0.3, -0.25) is 0 Å². The van der Waals surface area contributed by atoms with Gasteiger partial charge in [-0.05, 0) is 129 Å². The van der Waals surface area contributed by atoms with Crippen molar-refractivity contribution in [2.45, 2.75) is 149 Å². The Labute approximate surface area is 250 Å². The zero-order valence-electron chi connectivity index (χ0n) is 28.1. The van der Waals surface area contributed by atoms with Gasteiger partial charge in [0.05, 0.1) is 6.10 Å². The Morgan fingerprint density at radius 2 is 1.73 bits per heavy atom. The summed E-state index contributed by atoms with van der Waals surface area (Å²) in [5, 5.41) is 9.68. The molecule has 3 aliphatic carbocycles. The molecule has 0 bridgehead atoms. The van der Waals surface area contributed by atoms with Crippen molar-refractivity contribution in [3.05, 3.63) is 35.5 Å². The van der Waals surface area contributed by atoms with Crippen molar-refractivity contribution in [2.24, 2.45) is 29.1 Å². The van der Waals surface area contributed by atoms with E-state index in [1.165, 1.54) is 43.3 Å². The lowest BCUT2D eigenvalue weighted by atomic mass is 9.61. The van der Waals surface area contributed by atoms with E-state index >= 15 is 0 Å². The summed E-state index contributed by atoms with van der Waals surface area (Å²) < 4.78 is 7.06. The summed E-state index contributed by atoms with van der Waals surface area (Å²) in [6.07, 6.45) is 15.4. The highest BCUT2D eigenvalue weighted by Crippen LogP contribution is 2.60. The summed E-state index contributed by atoms with van der Waals surface area (Å²) in [5.74, 6) is 2.34. The maximum Gasteiger partial charge on any atom is 0.192 e. The van der Waals surface area contributed by atoms with Gasteiger partial charge in [0, 0.05) is 6.61 Å². The standard InChI is InChI=1S/C35H64O3Si2/c1-25(19-21-36)30-17-18-31-28(14-13-20-35(30,31)8)16-15-27-22-29(24-34(6,7)39(9,10)37)26(2)32(23-27)38-40(11,12)33(3,4)5/h15-16,25,29-32,36-37H,2,13-14,17-24H2,1,3-12H3/b27-15+,28-16+/t25-,29+,30?,31?,32-,35-/m1/s1. The van der Waals surface area contributed by atoms with E-state index in [9.17, 15) is 9.90 Å². The number of hydrogen-bond acceptors (Lipinski definition) is 3. The summed E-state index contributed by atoms with van der Waals surface area (Å²) >= 11 is 0. The summed E-state index contributed by atoms with van der Waals surface area (Å²) in [7, 11) is -4.29. The number of hydrogen-bond donors (Lipinski definition) is 2. The second-order valence-corrected chi connectivity index (χ2v) is 26.1. The Morgan fingerprint density at radius 1 is 1.07 bits per heavy atom. The summed E-state index contributed by atoms with van der Waals surface area (Å²) in [4.78, 5) is 11.1. The zero-order valence-corrected chi connectivity index (χ0v) is 30.1. The number of aliphatic hydroxyl groups is 1. The highest BCUT2D eigenvalue weighted by Gasteiger charge is 2.50. The van der Waals surface area contributed by atoms with Crippen LogP contribution in [0.5, 0.6) is 0 Å². The van der Waals surface area contributed by atoms with Gasteiger partial charge in [0.2, 0.25) is 0 Å². The quantitative estimate of drug-likeness (QED) is 0.208. The Kier molecular flexibility index (Phi) is 10.4. The molecule has 0 aromatic heterocycles. The minimum atomic E-state index is -2.33. The molecule has 0 heterocycles. The van der Waals surface area contributed by atoms with E-state index in [-0.39, 0.29) is 16.2 Å². The molecule has 0 spiro atoms. The van der Waals surface area contributed by atoms with E-state index in [0.29, 0.717) is 29.8 Å². The lowest BCUT2D eigenvalue weighted by molar-refractivity contribution is 0.0857. The van der Waals surface area contributed by atoms with Crippen LogP contribution in [0, 0.1) is 29.1 Å². The Balaban J connectivity index is 1.91. The van der Waals surface area contributed by atoms with Gasteiger partial charge in [-0.15, -0.1) is 0 Å². The van der Waals surface area contributed by atoms with Crippen LogP contribution < -0.4 is 0 Å². The van der Waals surface area contributed by atoms with Crippen molar-refractivity contribution >= 4 is 16.6 Å². The van der Waals surface area contributed by atoms with Gasteiger partial charge in [-0.2, -0.15) is 0 Å². The van der Waals surface area contributed by atoms with E-state index in [0.717, 1.165) is 31.6 Å². The molecule has 230 valence electrons. The topological polar surface area (TPSA) is 49.7 Å². The molecular weight excluding hydrogens is 525 g/mol. The first-order chi connectivity index (χ1) is 18.2. The van der Waals surface area contributed by atoms with Crippen molar-refractivity contribution in [1.29, 1.82) is 0 Å². The molecule has 2 N–H and O–H groups in total. The fraction of sp³-hybridized carbons (Fsp3) is 0.829. The lowest BCUT2D eigenvalue weighted by Crippen LogP contribution is -2.46. The molecule has 3 aliphatic rings. The van der Waals surface area contributed by atoms with Crippen molar-refractivity contribution < 1.29 is 14.3 Å². The number of allylic oxidation sites excluding steroid dienone is 3. The van der Waals surface area contributed by atoms with Crippen molar-refractivity contribution in [3.63, 3.8) is 0 Å². The van der Waals surface area contributed by atoms with Crippen molar-refractivity contribution in [2.75, 3.05) is 6.61 Å². The first-order valence-corrected chi connectivity index (χ1v) is 22.2. The van der Waals surface area contributed by atoms with Gasteiger partial charge in [0.25, 0.3) is 0 Å². The van der Waals surface area contributed by atoms with Crippen LogP contribution in [0.1, 0.15) is 106 Å². The molecule has 3 nitrogen and oxygen atoms in total. The third-order valence-corrected chi connectivity index (χ3v) is 20.4. The Hall–Kier alpha value is -0.466. The molecule has 6 atom stereocenters. The minimum absolute atomic E-state index is 0.0652. The van der Waals surface area contributed by atoms with Crippen molar-refractivity contribution in [3.8, 4) is 0 Å². The first-order valence-electron chi connectivity index (χ1n) is 16.3. The number of rotatable bonds is 9. The van der Waals surface area contributed by atoms with Gasteiger partial charge in [-0.1, -0.05) is 78.3 Å². The molecule has 3 fully saturated rings. The van der Waals surface area contributed by atoms with Crippen LogP contribution in [0.3, 0.4) is 0 Å². The molecule has 5 heteroatoms. The van der Waals surface area contributed by atoms with Gasteiger partial charge in [-0.25, -0.2) is 0 Å². The molecule has 0 amide bonds. The molecule has 0 radical (unpaired) electrons. The van der Waals surface area contributed by atoms with Crippen LogP contribution in [0.25, 0.3) is 0 Å². The molecule has 0 saturated heterocycles. The predicted molar refractivity (Wildman–Crippen MR) is 177 cm³/mol. The van der Waals surface area contributed by atoms with Crippen LogP contribution in [0.15, 0.2) is 35.5 Å². The van der Waals surface area contributed by atoms with Crippen LogP contribution in [0.2, 0.25) is 36.3 Å². The Bertz CT molecular complexity index is 922. The van der Waals surface area contributed by atoms with E-state index in [1.807, 2.05) is 0 Å². The van der Waals surface area contributed by atoms with Crippen LogP contribution in [0.4, 0.5) is 0 Å². The molecule has 3 rings (SSSR count). The molecule has 40 heavy (non-hydrogen) atoms. The first kappa shape index (κ1) is 34.0. The lowest BCUT2D eigenvalue weighted by Gasteiger charge is -2.45. The predicted octanol–water partition coefficient (Wildman–Crippen LogP) is 9.80. The normalized spacial score (nSPS) is 33.5. The molecule has 0 aliphatic heterocycles. The molecule has 0 aromatic carbocycles. The summed E-state index contributed by atoms with van der Waals surface area (Å²) in [6.45, 7) is 30.3. The Morgan fingerprint density at radius 3 is 2.30 bits per heavy atom. The third-order valence-electron chi connectivity index (χ3n) is 12.4. The fourth-order valence-corrected chi connectivity index (χ4v) is 9.91. The smallest absolute Gasteiger partial charge is 0.192 e. The van der Waals surface area contributed by atoms with Crippen LogP contribution in [-0.4, -0.2) is 39.2 Å². The van der Waals surface area contributed by atoms with E-state index in [2.05, 4.69) is 93.4 Å². The monoisotopic (exact) mass is 588 g/mol. The highest BCUT2D eigenvalue weighted by atomic mass is 28.4. The molecule has 0 aromatic rings. The number of aliphatic hydroxyl groups excluding tert-OH is 1. The average Bonchev–Trinajstić information content (AvgIpc) is 3.16. The van der Waals surface area contributed by atoms with Gasteiger partial charge in [0.15, 0.2) is 16.6 Å². The molecular formula is C35H64O3Si2. The fourth-order valence-electron chi connectivity index (χ4n) is 7.86. The van der Waals surface area contributed by atoms with E-state index in [4.69, 9.17) is 4.43 Å². The maximum absolute atomic E-state index is 11.1. The van der Waals surface area contributed by atoms with E-state index < -0.39 is 16.6 Å². The average molecular weight is 589 g/mol. The van der Waals surface area contributed by atoms with Gasteiger partial charge >= 0.3 is 0 Å². The second-order valence-electron chi connectivity index (χ2n) is 16.8. The van der Waals surface area contributed by atoms with Crippen LogP contribution >= 0.6 is 0 Å². The van der Waals surface area contributed by atoms with E-state index in [1.54, 1.807) is 5.57 Å². The van der Waals surface area contributed by atoms with Crippen molar-refractivity contribution in [1.82, 2.24) is 0 Å². The molecule has 3 saturated carbocycles. The van der Waals surface area contributed by atoms with Gasteiger partial charge in [0.1, 0.15) is 0 Å². The second kappa shape index (κ2) is 12.3. The third kappa shape index (κ3) is 7.18. The zero-order chi connectivity index (χ0) is 30.3.